The van der Waals surface area contributed by atoms with Gasteiger partial charge in [0.25, 0.3) is 0 Å². The molecule has 0 heteroatoms. The lowest BCUT2D eigenvalue weighted by Crippen LogP contribution is -2.05. The van der Waals surface area contributed by atoms with Gasteiger partial charge in [0.1, 0.15) is 0 Å². The summed E-state index contributed by atoms with van der Waals surface area (Å²) >= 11 is 0. The van der Waals surface area contributed by atoms with Gasteiger partial charge in [0, 0.05) is 0 Å². The summed E-state index contributed by atoms with van der Waals surface area (Å²) in [6.07, 6.45) is 50.5. The lowest BCUT2D eigenvalue weighted by Gasteiger charge is -2.24. The maximum absolute atomic E-state index is 2.43. The van der Waals surface area contributed by atoms with E-state index in [1.54, 1.807) is 78.0 Å². The summed E-state index contributed by atoms with van der Waals surface area (Å²) in [7, 11) is 0. The molecule has 0 fully saturated rings. The summed E-state index contributed by atoms with van der Waals surface area (Å²) in [6.45, 7) is 0. The van der Waals surface area contributed by atoms with E-state index in [1.807, 2.05) is 0 Å². The summed E-state index contributed by atoms with van der Waals surface area (Å²) in [5.74, 6) is 0. The van der Waals surface area contributed by atoms with Gasteiger partial charge in [-0.1, -0.05) is 85.1 Å². The van der Waals surface area contributed by atoms with Crippen LogP contribution < -0.4 is 0 Å². The molecule has 0 atom stereocenters. The van der Waals surface area contributed by atoms with Crippen molar-refractivity contribution < 1.29 is 0 Å². The second-order valence-corrected chi connectivity index (χ2v) is 13.2. The number of allylic oxidation sites excluding steroid dienone is 28. The molecule has 0 radical (unpaired) electrons. The summed E-state index contributed by atoms with van der Waals surface area (Å²) in [6, 6.07) is 0. The van der Waals surface area contributed by atoms with E-state index in [-0.39, 0.29) is 0 Å². The van der Waals surface area contributed by atoms with Crippen LogP contribution in [-0.2, 0) is 0 Å². The van der Waals surface area contributed by atoms with E-state index < -0.39 is 0 Å². The van der Waals surface area contributed by atoms with Crippen molar-refractivity contribution in [2.75, 3.05) is 0 Å². The number of rotatable bonds is 0. The Labute approximate surface area is 252 Å². The minimum atomic E-state index is 1.18. The van der Waals surface area contributed by atoms with E-state index in [0.717, 1.165) is 0 Å². The molecule has 0 saturated carbocycles. The Kier molecular flexibility index (Phi) is 6.95. The average Bonchev–Trinajstić information content (AvgIpc) is 3.09. The zero-order valence-electron chi connectivity index (χ0n) is 25.0. The Balaban J connectivity index is 1.17. The van der Waals surface area contributed by atoms with Crippen LogP contribution in [0, 0.1) is 0 Å². The molecule has 42 heavy (non-hydrogen) atoms. The molecule has 0 nitrogen and oxygen atoms in total. The van der Waals surface area contributed by atoms with Crippen molar-refractivity contribution in [3.8, 4) is 0 Å². The first-order chi connectivity index (χ1) is 20.8. The van der Waals surface area contributed by atoms with Gasteiger partial charge >= 0.3 is 0 Å². The molecule has 0 unspecified atom stereocenters. The maximum Gasteiger partial charge on any atom is -0.0235 e. The Bertz CT molecular complexity index is 1210. The Morgan fingerprint density at radius 1 is 0.143 bits per heavy atom. The molecular weight excluding hydrogens is 504 g/mol. The predicted molar refractivity (Wildman–Crippen MR) is 178 cm³/mol. The molecule has 26 aliphatic rings. The molecule has 0 saturated heterocycles. The van der Waals surface area contributed by atoms with Crippen LogP contribution in [0.2, 0.25) is 0 Å². The molecule has 0 aromatic heterocycles. The van der Waals surface area contributed by atoms with Crippen LogP contribution in [0.25, 0.3) is 0 Å². The predicted octanol–water partition coefficient (Wildman–Crippen LogP) is 11.5. The van der Waals surface area contributed by atoms with Crippen LogP contribution in [0.4, 0.5) is 0 Å². The third-order valence-corrected chi connectivity index (χ3v) is 10.9. The van der Waals surface area contributed by atoms with Gasteiger partial charge in [0.15, 0.2) is 0 Å². The minimum Gasteiger partial charge on any atom is -0.0585 e. The fourth-order valence-corrected chi connectivity index (χ4v) is 8.21. The lowest BCUT2D eigenvalue weighted by atomic mass is 9.81. The number of hydrogen-bond acceptors (Lipinski definition) is 0. The van der Waals surface area contributed by atoms with Gasteiger partial charge < -0.3 is 0 Å². The maximum atomic E-state index is 2.43. The van der Waals surface area contributed by atoms with Gasteiger partial charge in [0.2, 0.25) is 0 Å². The zero-order chi connectivity index (χ0) is 27.9. The van der Waals surface area contributed by atoms with E-state index in [4.69, 9.17) is 0 Å². The van der Waals surface area contributed by atoms with E-state index in [9.17, 15) is 0 Å². The van der Waals surface area contributed by atoms with Crippen LogP contribution in [0.15, 0.2) is 163 Å². The van der Waals surface area contributed by atoms with Gasteiger partial charge in [-0.3, -0.25) is 0 Å². The van der Waals surface area contributed by atoms with Crippen LogP contribution >= 0.6 is 0 Å². The summed E-state index contributed by atoms with van der Waals surface area (Å²) in [4.78, 5) is 0. The van der Waals surface area contributed by atoms with Crippen molar-refractivity contribution in [3.05, 3.63) is 163 Å². The highest BCUT2D eigenvalue weighted by Gasteiger charge is 2.20. The van der Waals surface area contributed by atoms with E-state index in [2.05, 4.69) is 85.1 Å². The number of hydrogen-bond donors (Lipinski definition) is 0. The molecule has 0 aromatic carbocycles. The first-order valence-electron chi connectivity index (χ1n) is 16.6. The molecule has 26 aliphatic carbocycles. The normalized spacial score (nSPS) is 25.3. The van der Waals surface area contributed by atoms with Crippen LogP contribution in [-0.4, -0.2) is 0 Å². The highest BCUT2D eigenvalue weighted by atomic mass is 14.3. The fourth-order valence-electron chi connectivity index (χ4n) is 8.21. The second-order valence-electron chi connectivity index (χ2n) is 13.2. The van der Waals surface area contributed by atoms with Gasteiger partial charge in [-0.2, -0.15) is 0 Å². The molecule has 0 spiro atoms. The summed E-state index contributed by atoms with van der Waals surface area (Å²) in [5, 5.41) is 0. The second kappa shape index (κ2) is 11.2. The molecule has 210 valence electrons. The fraction of sp³-hybridized carbons (Fsp3) is 0.333. The van der Waals surface area contributed by atoms with Crippen molar-refractivity contribution in [2.45, 2.75) is 89.9 Å². The molecule has 26 rings (SSSR count). The first-order valence-corrected chi connectivity index (χ1v) is 16.6. The molecular formula is C42H42. The van der Waals surface area contributed by atoms with E-state index >= 15 is 0 Å². The molecule has 0 N–H and O–H groups in total. The Hall–Kier alpha value is -3.64. The summed E-state index contributed by atoms with van der Waals surface area (Å²) in [5.41, 5.74) is 21.8. The Morgan fingerprint density at radius 3 is 0.262 bits per heavy atom. The topological polar surface area (TPSA) is 0 Å². The van der Waals surface area contributed by atoms with Gasteiger partial charge in [-0.15, -0.1) is 0 Å². The molecule has 14 bridgehead atoms. The average molecular weight is 547 g/mol. The van der Waals surface area contributed by atoms with Crippen LogP contribution in [0.5, 0.6) is 0 Å². The minimum absolute atomic E-state index is 1.18. The largest absolute Gasteiger partial charge is 0.0585 e. The van der Waals surface area contributed by atoms with Gasteiger partial charge in [-0.25, -0.2) is 0 Å². The van der Waals surface area contributed by atoms with Crippen LogP contribution in [0.1, 0.15) is 89.9 Å². The van der Waals surface area contributed by atoms with Gasteiger partial charge in [0.05, 0.1) is 0 Å². The zero-order valence-corrected chi connectivity index (χ0v) is 25.0. The van der Waals surface area contributed by atoms with Crippen LogP contribution in [0.3, 0.4) is 0 Å². The van der Waals surface area contributed by atoms with E-state index in [0.29, 0.717) is 0 Å². The first kappa shape index (κ1) is 26.0. The standard InChI is InChI=1S/C42H42/c1-2-30-4-3-29(1)31-5-7-33(8-6-31)35-13-15-37(16-14-35)39-21-23-41(24-22-39)42-27-25-40(26-28-42)38-19-17-36(18-20-38)34-11-9-32(30)10-12-34/h1-2,5,7,9,11,13,15,17,19,21,23,25,27H,3-4,6,8,10,12,14,16,18,20,22,24,26,28H2. The third-order valence-electron chi connectivity index (χ3n) is 10.9. The van der Waals surface area contributed by atoms with Crippen molar-refractivity contribution in [2.24, 2.45) is 0 Å². The van der Waals surface area contributed by atoms with Crippen molar-refractivity contribution in [3.63, 3.8) is 0 Å². The lowest BCUT2D eigenvalue weighted by molar-refractivity contribution is 0.826. The SMILES string of the molecule is C1=CC2=C3C=CC(=C4C=CC(=C5C=CC(=C6C=CC(=C7C=CC(=C8C=CC(=C1CC2)CC8)CC7)CC6)CC5)CC4)CC3. The molecule has 0 aromatic rings. The Morgan fingerprint density at radius 2 is 0.214 bits per heavy atom. The highest BCUT2D eigenvalue weighted by molar-refractivity contribution is 5.54. The van der Waals surface area contributed by atoms with E-state index in [1.165, 1.54) is 89.9 Å². The van der Waals surface area contributed by atoms with Crippen molar-refractivity contribution in [1.29, 1.82) is 0 Å². The highest BCUT2D eigenvalue weighted by Crippen LogP contribution is 2.39. The third kappa shape index (κ3) is 5.11. The molecule has 0 heterocycles. The summed E-state index contributed by atoms with van der Waals surface area (Å²) < 4.78 is 0. The van der Waals surface area contributed by atoms with Crippen molar-refractivity contribution in [1.82, 2.24) is 0 Å². The van der Waals surface area contributed by atoms with Crippen molar-refractivity contribution >= 4 is 0 Å². The molecule has 0 aliphatic heterocycles. The van der Waals surface area contributed by atoms with Gasteiger partial charge in [-0.05, 0) is 168 Å². The quantitative estimate of drug-likeness (QED) is 0.283. The monoisotopic (exact) mass is 546 g/mol. The molecule has 0 amide bonds. The smallest absolute Gasteiger partial charge is 0.0235 e.